The minimum atomic E-state index is -0.142. The molecule has 1 amide bonds. The van der Waals surface area contributed by atoms with Gasteiger partial charge in [-0.2, -0.15) is 0 Å². The molecule has 6 heteroatoms. The maximum absolute atomic E-state index is 11.4. The first kappa shape index (κ1) is 14.3. The van der Waals surface area contributed by atoms with E-state index in [1.165, 1.54) is 0 Å². The number of carbonyl (C=O) groups excluding carboxylic acids is 1. The first-order valence-electron chi connectivity index (χ1n) is 7.49. The molecular weight excluding hydrogens is 270 g/mol. The summed E-state index contributed by atoms with van der Waals surface area (Å²) in [6.45, 7) is 3.87. The Morgan fingerprint density at radius 2 is 2.24 bits per heavy atom. The molecule has 3 rings (SSSR count). The molecule has 2 fully saturated rings. The van der Waals surface area contributed by atoms with Crippen LogP contribution in [0.2, 0.25) is 0 Å². The van der Waals surface area contributed by atoms with Crippen molar-refractivity contribution in [2.75, 3.05) is 19.7 Å². The van der Waals surface area contributed by atoms with Crippen molar-refractivity contribution in [3.05, 3.63) is 18.6 Å². The summed E-state index contributed by atoms with van der Waals surface area (Å²) in [4.78, 5) is 21.5. The predicted octanol–water partition coefficient (Wildman–Crippen LogP) is 1.42. The average molecular weight is 291 g/mol. The number of hydrogen-bond acceptors (Lipinski definition) is 5. The maximum atomic E-state index is 11.4. The zero-order valence-corrected chi connectivity index (χ0v) is 12.3. The molecule has 0 aromatic carbocycles. The quantitative estimate of drug-likeness (QED) is 0.824. The molecule has 6 nitrogen and oxygen atoms in total. The smallest absolute Gasteiger partial charge is 0.232 e. The first-order valence-corrected chi connectivity index (χ1v) is 7.49. The van der Waals surface area contributed by atoms with Crippen molar-refractivity contribution >= 4 is 5.91 Å². The van der Waals surface area contributed by atoms with Crippen molar-refractivity contribution in [1.29, 1.82) is 0 Å². The Bertz CT molecular complexity index is 486. The summed E-state index contributed by atoms with van der Waals surface area (Å²) in [5.74, 6) is 0.716. The zero-order chi connectivity index (χ0) is 14.7. The van der Waals surface area contributed by atoms with Gasteiger partial charge < -0.3 is 14.4 Å². The summed E-state index contributed by atoms with van der Waals surface area (Å²) in [6, 6.07) is 0. The van der Waals surface area contributed by atoms with Crippen molar-refractivity contribution in [2.45, 2.75) is 44.3 Å². The first-order chi connectivity index (χ1) is 10.2. The fourth-order valence-corrected chi connectivity index (χ4v) is 3.18. The van der Waals surface area contributed by atoms with E-state index in [9.17, 15) is 4.79 Å². The Hall–Kier alpha value is -1.69. The van der Waals surface area contributed by atoms with E-state index in [1.807, 2.05) is 4.90 Å². The summed E-state index contributed by atoms with van der Waals surface area (Å²) in [7, 11) is 0. The summed E-state index contributed by atoms with van der Waals surface area (Å²) in [5.41, 5.74) is -0.142. The monoisotopic (exact) mass is 291 g/mol. The minimum Gasteiger partial charge on any atom is -0.473 e. The molecule has 1 aromatic rings. The Morgan fingerprint density at radius 3 is 2.90 bits per heavy atom. The van der Waals surface area contributed by atoms with Crippen LogP contribution in [0.5, 0.6) is 5.88 Å². The molecule has 1 unspecified atom stereocenters. The number of carbonyl (C=O) groups is 1. The highest BCUT2D eigenvalue weighted by atomic mass is 16.5. The van der Waals surface area contributed by atoms with Gasteiger partial charge in [-0.3, -0.25) is 9.78 Å². The summed E-state index contributed by atoms with van der Waals surface area (Å²) >= 11 is 0. The predicted molar refractivity (Wildman–Crippen MR) is 75.9 cm³/mol. The molecular formula is C15H21N3O3. The lowest BCUT2D eigenvalue weighted by atomic mass is 9.83. The number of hydrogen-bond donors (Lipinski definition) is 0. The third-order valence-corrected chi connectivity index (χ3v) is 4.39. The van der Waals surface area contributed by atoms with E-state index in [0.29, 0.717) is 12.5 Å². The van der Waals surface area contributed by atoms with Gasteiger partial charge in [-0.1, -0.05) is 0 Å². The number of nitrogens with zero attached hydrogens (tertiary/aromatic N) is 3. The molecule has 0 N–H and O–H groups in total. The van der Waals surface area contributed by atoms with E-state index >= 15 is 0 Å². The van der Waals surface area contributed by atoms with Gasteiger partial charge >= 0.3 is 0 Å². The molecule has 0 saturated carbocycles. The largest absolute Gasteiger partial charge is 0.473 e. The molecule has 2 saturated heterocycles. The topological polar surface area (TPSA) is 64.6 Å². The van der Waals surface area contributed by atoms with E-state index in [2.05, 4.69) is 9.97 Å². The second kappa shape index (κ2) is 5.97. The van der Waals surface area contributed by atoms with Gasteiger partial charge in [0.15, 0.2) is 0 Å². The van der Waals surface area contributed by atoms with Gasteiger partial charge in [-0.05, 0) is 12.8 Å². The summed E-state index contributed by atoms with van der Waals surface area (Å²) in [6.07, 6.45) is 8.51. The third kappa shape index (κ3) is 3.32. The summed E-state index contributed by atoms with van der Waals surface area (Å²) < 4.78 is 12.0. The molecule has 2 aliphatic rings. The normalized spacial score (nSPS) is 24.8. The highest BCUT2D eigenvalue weighted by Gasteiger charge is 2.41. The molecule has 1 atom stereocenters. The van der Waals surface area contributed by atoms with Crippen molar-refractivity contribution < 1.29 is 14.3 Å². The number of ether oxygens (including phenoxy) is 2. The SMILES string of the molecule is CC(=O)N1CCC2(CC1)CC(Oc1cnccn1)CCO2. The van der Waals surface area contributed by atoms with Crippen LogP contribution in [0.1, 0.15) is 32.6 Å². The molecule has 0 bridgehead atoms. The third-order valence-electron chi connectivity index (χ3n) is 4.39. The standard InChI is InChI=1S/C15H21N3O3/c1-12(19)18-7-3-15(4-8-18)10-13(2-9-20-15)21-14-11-16-5-6-17-14/h5-6,11,13H,2-4,7-10H2,1H3. The highest BCUT2D eigenvalue weighted by Crippen LogP contribution is 2.36. The van der Waals surface area contributed by atoms with Crippen molar-refractivity contribution in [3.63, 3.8) is 0 Å². The number of amides is 1. The van der Waals surface area contributed by atoms with Crippen LogP contribution in [-0.4, -0.2) is 52.2 Å². The van der Waals surface area contributed by atoms with Gasteiger partial charge in [-0.15, -0.1) is 0 Å². The van der Waals surface area contributed by atoms with Crippen LogP contribution >= 0.6 is 0 Å². The highest BCUT2D eigenvalue weighted by molar-refractivity contribution is 5.73. The Labute approximate surface area is 124 Å². The minimum absolute atomic E-state index is 0.110. The zero-order valence-electron chi connectivity index (χ0n) is 12.3. The van der Waals surface area contributed by atoms with Crippen LogP contribution in [0.3, 0.4) is 0 Å². The van der Waals surface area contributed by atoms with Crippen LogP contribution in [0.4, 0.5) is 0 Å². The number of piperidine rings is 1. The molecule has 1 aromatic heterocycles. The van der Waals surface area contributed by atoms with Crippen molar-refractivity contribution in [3.8, 4) is 5.88 Å². The van der Waals surface area contributed by atoms with Gasteiger partial charge in [0.05, 0.1) is 18.4 Å². The molecule has 0 radical (unpaired) electrons. The van der Waals surface area contributed by atoms with E-state index in [1.54, 1.807) is 25.5 Å². The van der Waals surface area contributed by atoms with Crippen molar-refractivity contribution in [1.82, 2.24) is 14.9 Å². The van der Waals surface area contributed by atoms with Crippen LogP contribution < -0.4 is 4.74 Å². The number of aromatic nitrogens is 2. The number of likely N-dealkylation sites (tertiary alicyclic amines) is 1. The second-order valence-electron chi connectivity index (χ2n) is 5.81. The van der Waals surface area contributed by atoms with Crippen LogP contribution in [0.15, 0.2) is 18.6 Å². The maximum Gasteiger partial charge on any atom is 0.232 e. The van der Waals surface area contributed by atoms with Crippen LogP contribution in [0, 0.1) is 0 Å². The van der Waals surface area contributed by atoms with Gasteiger partial charge in [0.25, 0.3) is 0 Å². The number of rotatable bonds is 2. The average Bonchev–Trinajstić information content (AvgIpc) is 2.49. The van der Waals surface area contributed by atoms with E-state index in [0.717, 1.165) is 38.8 Å². The van der Waals surface area contributed by atoms with E-state index in [4.69, 9.17) is 9.47 Å². The van der Waals surface area contributed by atoms with E-state index in [-0.39, 0.29) is 17.6 Å². The molecule has 3 heterocycles. The molecule has 0 aliphatic carbocycles. The lowest BCUT2D eigenvalue weighted by Crippen LogP contribution is -2.52. The van der Waals surface area contributed by atoms with Gasteiger partial charge in [0.2, 0.25) is 11.8 Å². The van der Waals surface area contributed by atoms with Gasteiger partial charge in [0, 0.05) is 45.2 Å². The Morgan fingerprint density at radius 1 is 1.43 bits per heavy atom. The fourth-order valence-electron chi connectivity index (χ4n) is 3.18. The molecule has 21 heavy (non-hydrogen) atoms. The van der Waals surface area contributed by atoms with Crippen LogP contribution in [-0.2, 0) is 9.53 Å². The molecule has 114 valence electrons. The van der Waals surface area contributed by atoms with E-state index < -0.39 is 0 Å². The molecule has 1 spiro atoms. The van der Waals surface area contributed by atoms with Crippen molar-refractivity contribution in [2.24, 2.45) is 0 Å². The lowest BCUT2D eigenvalue weighted by Gasteiger charge is -2.45. The Balaban J connectivity index is 1.60. The van der Waals surface area contributed by atoms with Gasteiger partial charge in [-0.25, -0.2) is 4.98 Å². The van der Waals surface area contributed by atoms with Gasteiger partial charge in [0.1, 0.15) is 6.10 Å². The molecule has 2 aliphatic heterocycles. The second-order valence-corrected chi connectivity index (χ2v) is 5.81. The van der Waals surface area contributed by atoms with Crippen LogP contribution in [0.25, 0.3) is 0 Å². The fraction of sp³-hybridized carbons (Fsp3) is 0.667. The Kier molecular flexibility index (Phi) is 4.05. The lowest BCUT2D eigenvalue weighted by molar-refractivity contribution is -0.150. The summed E-state index contributed by atoms with van der Waals surface area (Å²) in [5, 5.41) is 0.